The van der Waals surface area contributed by atoms with Gasteiger partial charge in [-0.2, -0.15) is 4.98 Å². The van der Waals surface area contributed by atoms with Crippen LogP contribution in [0.25, 0.3) is 5.82 Å². The Morgan fingerprint density at radius 3 is 2.86 bits per heavy atom. The molecule has 3 rings (SSSR count). The number of hydrogen-bond acceptors (Lipinski definition) is 6. The van der Waals surface area contributed by atoms with Crippen LogP contribution >= 0.6 is 0 Å². The molecule has 116 valence electrons. The van der Waals surface area contributed by atoms with Crippen LogP contribution in [0.15, 0.2) is 18.7 Å². The number of imidazole rings is 1. The standard InChI is InChI=1S/C14H17N5O3/c1-9-6-15-14(17-10-2-4-22-5-3-10)18-12(9)19-7-11(13(20)21)16-8-19/h6-8,10H,2-5H2,1H3,(H,20,21)(H,15,17,18). The summed E-state index contributed by atoms with van der Waals surface area (Å²) in [5, 5.41) is 12.2. The van der Waals surface area contributed by atoms with E-state index in [2.05, 4.69) is 20.3 Å². The summed E-state index contributed by atoms with van der Waals surface area (Å²) in [7, 11) is 0. The molecule has 2 aromatic rings. The van der Waals surface area contributed by atoms with Gasteiger partial charge in [-0.15, -0.1) is 0 Å². The van der Waals surface area contributed by atoms with Gasteiger partial charge in [0.2, 0.25) is 5.95 Å². The number of aromatic carboxylic acids is 1. The monoisotopic (exact) mass is 303 g/mol. The highest BCUT2D eigenvalue weighted by Gasteiger charge is 2.16. The molecule has 8 nitrogen and oxygen atoms in total. The van der Waals surface area contributed by atoms with E-state index in [9.17, 15) is 4.79 Å². The number of carboxylic acids is 1. The Bertz CT molecular complexity index is 679. The Hall–Kier alpha value is -2.48. The smallest absolute Gasteiger partial charge is 0.356 e. The first-order valence-electron chi connectivity index (χ1n) is 7.09. The zero-order valence-electron chi connectivity index (χ0n) is 12.2. The van der Waals surface area contributed by atoms with Crippen molar-refractivity contribution in [3.05, 3.63) is 30.0 Å². The Morgan fingerprint density at radius 2 is 2.18 bits per heavy atom. The van der Waals surface area contributed by atoms with Crippen molar-refractivity contribution in [3.8, 4) is 5.82 Å². The minimum Gasteiger partial charge on any atom is -0.476 e. The van der Waals surface area contributed by atoms with Gasteiger partial charge >= 0.3 is 5.97 Å². The zero-order valence-corrected chi connectivity index (χ0v) is 12.2. The molecule has 1 aliphatic heterocycles. The third kappa shape index (κ3) is 3.06. The number of rotatable bonds is 4. The predicted octanol–water partition coefficient (Wildman–Crippen LogP) is 1.26. The van der Waals surface area contributed by atoms with E-state index in [0.29, 0.717) is 17.8 Å². The number of aromatic nitrogens is 4. The van der Waals surface area contributed by atoms with E-state index in [1.54, 1.807) is 10.8 Å². The second-order valence-corrected chi connectivity index (χ2v) is 5.20. The van der Waals surface area contributed by atoms with Gasteiger partial charge in [-0.25, -0.2) is 14.8 Å². The largest absolute Gasteiger partial charge is 0.476 e. The van der Waals surface area contributed by atoms with Gasteiger partial charge in [0.25, 0.3) is 0 Å². The van der Waals surface area contributed by atoms with Crippen LogP contribution in [0.4, 0.5) is 5.95 Å². The maximum atomic E-state index is 10.9. The fraction of sp³-hybridized carbons (Fsp3) is 0.429. The summed E-state index contributed by atoms with van der Waals surface area (Å²) >= 11 is 0. The van der Waals surface area contributed by atoms with Crippen molar-refractivity contribution >= 4 is 11.9 Å². The van der Waals surface area contributed by atoms with Crippen molar-refractivity contribution in [2.45, 2.75) is 25.8 Å². The average molecular weight is 303 g/mol. The maximum Gasteiger partial charge on any atom is 0.356 e. The summed E-state index contributed by atoms with van der Waals surface area (Å²) in [6, 6.07) is 0.293. The number of carboxylic acid groups (broad SMARTS) is 1. The number of anilines is 1. The highest BCUT2D eigenvalue weighted by molar-refractivity contribution is 5.85. The second-order valence-electron chi connectivity index (χ2n) is 5.20. The van der Waals surface area contributed by atoms with E-state index in [0.717, 1.165) is 31.6 Å². The Kier molecular flexibility index (Phi) is 4.01. The summed E-state index contributed by atoms with van der Waals surface area (Å²) in [6.45, 7) is 3.34. The second kappa shape index (κ2) is 6.10. The van der Waals surface area contributed by atoms with E-state index >= 15 is 0 Å². The molecule has 8 heteroatoms. The van der Waals surface area contributed by atoms with Crippen LogP contribution in [0.3, 0.4) is 0 Å². The zero-order chi connectivity index (χ0) is 15.5. The lowest BCUT2D eigenvalue weighted by atomic mass is 10.1. The normalized spacial score (nSPS) is 15.7. The van der Waals surface area contributed by atoms with Gasteiger partial charge < -0.3 is 15.2 Å². The third-order valence-corrected chi connectivity index (χ3v) is 3.55. The van der Waals surface area contributed by atoms with Crippen molar-refractivity contribution < 1.29 is 14.6 Å². The molecule has 1 fully saturated rings. The Morgan fingerprint density at radius 1 is 1.41 bits per heavy atom. The van der Waals surface area contributed by atoms with Gasteiger partial charge in [0, 0.05) is 37.2 Å². The number of nitrogens with one attached hydrogen (secondary N) is 1. The summed E-state index contributed by atoms with van der Waals surface area (Å²) in [6.07, 6.45) is 6.43. The van der Waals surface area contributed by atoms with Crippen molar-refractivity contribution in [1.82, 2.24) is 19.5 Å². The van der Waals surface area contributed by atoms with E-state index in [1.807, 2.05) is 6.92 Å². The number of ether oxygens (including phenoxy) is 1. The fourth-order valence-electron chi connectivity index (χ4n) is 2.34. The highest BCUT2D eigenvalue weighted by atomic mass is 16.5. The van der Waals surface area contributed by atoms with Gasteiger partial charge in [-0.1, -0.05) is 0 Å². The van der Waals surface area contributed by atoms with Gasteiger partial charge in [-0.05, 0) is 19.8 Å². The Labute approximate surface area is 127 Å². The van der Waals surface area contributed by atoms with Crippen LogP contribution in [0, 0.1) is 6.92 Å². The van der Waals surface area contributed by atoms with Gasteiger partial charge in [-0.3, -0.25) is 4.57 Å². The molecule has 0 atom stereocenters. The molecule has 1 aliphatic rings. The first kappa shape index (κ1) is 14.5. The lowest BCUT2D eigenvalue weighted by Crippen LogP contribution is -2.28. The van der Waals surface area contributed by atoms with E-state index in [1.165, 1.54) is 12.5 Å². The topological polar surface area (TPSA) is 102 Å². The summed E-state index contributed by atoms with van der Waals surface area (Å²) in [5.41, 5.74) is 0.823. The van der Waals surface area contributed by atoms with Crippen LogP contribution < -0.4 is 5.32 Å². The van der Waals surface area contributed by atoms with Crippen molar-refractivity contribution in [2.75, 3.05) is 18.5 Å². The van der Waals surface area contributed by atoms with Crippen LogP contribution in [0.1, 0.15) is 28.9 Å². The molecule has 0 saturated carbocycles. The minimum absolute atomic E-state index is 0.0167. The molecule has 0 unspecified atom stereocenters. The number of nitrogens with zero attached hydrogens (tertiary/aromatic N) is 4. The lowest BCUT2D eigenvalue weighted by molar-refractivity contribution is 0.0691. The van der Waals surface area contributed by atoms with Crippen molar-refractivity contribution in [3.63, 3.8) is 0 Å². The molecular formula is C14H17N5O3. The molecule has 0 spiro atoms. The van der Waals surface area contributed by atoms with Crippen LogP contribution in [-0.4, -0.2) is 49.9 Å². The molecule has 3 heterocycles. The van der Waals surface area contributed by atoms with Gasteiger partial charge in [0.05, 0.1) is 0 Å². The highest BCUT2D eigenvalue weighted by Crippen LogP contribution is 2.16. The van der Waals surface area contributed by atoms with Crippen molar-refractivity contribution in [2.24, 2.45) is 0 Å². The van der Waals surface area contributed by atoms with E-state index < -0.39 is 5.97 Å². The number of carbonyl (C=O) groups is 1. The number of aryl methyl sites for hydroxylation is 1. The van der Waals surface area contributed by atoms with Crippen LogP contribution in [-0.2, 0) is 4.74 Å². The Balaban J connectivity index is 1.83. The molecule has 0 radical (unpaired) electrons. The molecule has 2 aromatic heterocycles. The third-order valence-electron chi connectivity index (χ3n) is 3.55. The van der Waals surface area contributed by atoms with Crippen LogP contribution in [0.2, 0.25) is 0 Å². The fourth-order valence-corrected chi connectivity index (χ4v) is 2.34. The molecule has 1 saturated heterocycles. The summed E-state index contributed by atoms with van der Waals surface area (Å²) in [5.74, 6) is 0.0775. The molecule has 2 N–H and O–H groups in total. The summed E-state index contributed by atoms with van der Waals surface area (Å²) in [4.78, 5) is 23.5. The average Bonchev–Trinajstić information content (AvgIpc) is 3.00. The molecule has 22 heavy (non-hydrogen) atoms. The molecule has 0 amide bonds. The van der Waals surface area contributed by atoms with Crippen LogP contribution in [0.5, 0.6) is 0 Å². The quantitative estimate of drug-likeness (QED) is 0.876. The first-order valence-corrected chi connectivity index (χ1v) is 7.09. The minimum atomic E-state index is -1.06. The molecule has 0 bridgehead atoms. The van der Waals surface area contributed by atoms with E-state index in [-0.39, 0.29) is 5.69 Å². The van der Waals surface area contributed by atoms with Gasteiger partial charge in [0.15, 0.2) is 5.69 Å². The molecular weight excluding hydrogens is 286 g/mol. The summed E-state index contributed by atoms with van der Waals surface area (Å²) < 4.78 is 6.92. The first-order chi connectivity index (χ1) is 10.6. The number of hydrogen-bond donors (Lipinski definition) is 2. The predicted molar refractivity (Wildman–Crippen MR) is 78.3 cm³/mol. The lowest BCUT2D eigenvalue weighted by Gasteiger charge is -2.23. The maximum absolute atomic E-state index is 10.9. The molecule has 0 aliphatic carbocycles. The SMILES string of the molecule is Cc1cnc(NC2CCOCC2)nc1-n1cnc(C(=O)O)c1. The van der Waals surface area contributed by atoms with Crippen molar-refractivity contribution in [1.29, 1.82) is 0 Å². The van der Waals surface area contributed by atoms with Gasteiger partial charge in [0.1, 0.15) is 12.1 Å². The molecule has 0 aromatic carbocycles. The van der Waals surface area contributed by atoms with E-state index in [4.69, 9.17) is 9.84 Å².